The van der Waals surface area contributed by atoms with Crippen molar-refractivity contribution in [1.29, 1.82) is 0 Å². The van der Waals surface area contributed by atoms with E-state index in [1.54, 1.807) is 7.11 Å². The van der Waals surface area contributed by atoms with Gasteiger partial charge in [-0.2, -0.15) is 5.10 Å². The first kappa shape index (κ1) is 16.9. The molecule has 0 aromatic carbocycles. The molecule has 0 unspecified atom stereocenters. The summed E-state index contributed by atoms with van der Waals surface area (Å²) in [5.41, 5.74) is 5.65. The number of pyridine rings is 1. The predicted octanol–water partition coefficient (Wildman–Crippen LogP) is 2.03. The van der Waals surface area contributed by atoms with E-state index in [1.165, 1.54) is 5.69 Å². The molecule has 0 spiro atoms. The quantitative estimate of drug-likeness (QED) is 0.910. The molecule has 3 rings (SSSR count). The van der Waals surface area contributed by atoms with E-state index < -0.39 is 0 Å². The minimum Gasteiger partial charge on any atom is -0.496 e. The number of rotatable bonds is 5. The van der Waals surface area contributed by atoms with Crippen LogP contribution < -0.4 is 10.1 Å². The van der Waals surface area contributed by atoms with Gasteiger partial charge in [0, 0.05) is 43.5 Å². The number of fused-ring (bicyclic) bond motifs is 1. The molecular formula is C18H27N5O. The van der Waals surface area contributed by atoms with Gasteiger partial charge in [-0.05, 0) is 39.9 Å². The molecule has 0 radical (unpaired) electrons. The fourth-order valence-corrected chi connectivity index (χ4v) is 3.32. The van der Waals surface area contributed by atoms with Crippen LogP contribution >= 0.6 is 0 Å². The number of nitrogens with one attached hydrogen (secondary N) is 1. The van der Waals surface area contributed by atoms with E-state index in [1.807, 2.05) is 13.1 Å². The maximum absolute atomic E-state index is 5.50. The molecule has 1 N–H and O–H groups in total. The zero-order valence-electron chi connectivity index (χ0n) is 15.1. The SMILES string of the molecule is COc1c(C)cnc(CN(C)Cc2cc3n(n2)CCCNC3)c1C. The van der Waals surface area contributed by atoms with Crippen LogP contribution in [0.4, 0.5) is 0 Å². The first-order valence-corrected chi connectivity index (χ1v) is 8.52. The number of hydrogen-bond acceptors (Lipinski definition) is 5. The lowest BCUT2D eigenvalue weighted by molar-refractivity contribution is 0.307. The molecule has 1 aliphatic rings. The van der Waals surface area contributed by atoms with E-state index >= 15 is 0 Å². The van der Waals surface area contributed by atoms with Gasteiger partial charge in [0.1, 0.15) is 5.75 Å². The van der Waals surface area contributed by atoms with Gasteiger partial charge >= 0.3 is 0 Å². The van der Waals surface area contributed by atoms with Crippen molar-refractivity contribution in [3.8, 4) is 5.75 Å². The lowest BCUT2D eigenvalue weighted by atomic mass is 10.1. The van der Waals surface area contributed by atoms with Crippen LogP contribution in [0, 0.1) is 13.8 Å². The van der Waals surface area contributed by atoms with E-state index in [4.69, 9.17) is 9.84 Å². The summed E-state index contributed by atoms with van der Waals surface area (Å²) in [6, 6.07) is 2.21. The first-order chi connectivity index (χ1) is 11.6. The molecule has 0 fully saturated rings. The Labute approximate surface area is 143 Å². The standard InChI is InChI=1S/C18H27N5O/c1-13-9-20-17(14(2)18(13)24-4)12-22(3)11-15-8-16-10-19-6-5-7-23(16)21-15/h8-9,19H,5-7,10-12H2,1-4H3. The predicted molar refractivity (Wildman–Crippen MR) is 94.0 cm³/mol. The normalized spacial score (nSPS) is 14.5. The van der Waals surface area contributed by atoms with Gasteiger partial charge < -0.3 is 10.1 Å². The summed E-state index contributed by atoms with van der Waals surface area (Å²) in [5.74, 6) is 0.938. The minimum absolute atomic E-state index is 0.781. The third kappa shape index (κ3) is 3.60. The summed E-state index contributed by atoms with van der Waals surface area (Å²) in [5, 5.41) is 8.19. The van der Waals surface area contributed by atoms with E-state index in [0.717, 1.165) is 67.4 Å². The van der Waals surface area contributed by atoms with Crippen molar-refractivity contribution in [2.45, 2.75) is 46.4 Å². The van der Waals surface area contributed by atoms with E-state index in [2.05, 4.69) is 39.9 Å². The summed E-state index contributed by atoms with van der Waals surface area (Å²) in [4.78, 5) is 6.84. The molecule has 6 heteroatoms. The van der Waals surface area contributed by atoms with Crippen molar-refractivity contribution in [2.24, 2.45) is 0 Å². The van der Waals surface area contributed by atoms with E-state index in [-0.39, 0.29) is 0 Å². The average Bonchev–Trinajstić information content (AvgIpc) is 2.79. The Kier molecular flexibility index (Phi) is 5.16. The molecule has 2 aromatic rings. The highest BCUT2D eigenvalue weighted by Crippen LogP contribution is 2.24. The lowest BCUT2D eigenvalue weighted by Crippen LogP contribution is -2.19. The number of ether oxygens (including phenoxy) is 1. The number of aryl methyl sites for hydroxylation is 2. The van der Waals surface area contributed by atoms with Gasteiger partial charge in [-0.3, -0.25) is 14.6 Å². The Hall–Kier alpha value is -1.92. The third-order valence-corrected chi connectivity index (χ3v) is 4.54. The maximum atomic E-state index is 5.50. The van der Waals surface area contributed by atoms with Gasteiger partial charge in [0.15, 0.2) is 0 Å². The molecule has 1 aliphatic heterocycles. The molecule has 6 nitrogen and oxygen atoms in total. The van der Waals surface area contributed by atoms with Crippen LogP contribution in [0.1, 0.15) is 34.6 Å². The second kappa shape index (κ2) is 7.32. The van der Waals surface area contributed by atoms with Crippen LogP contribution in [0.2, 0.25) is 0 Å². The molecular weight excluding hydrogens is 302 g/mol. The molecule has 2 aromatic heterocycles. The maximum Gasteiger partial charge on any atom is 0.128 e. The summed E-state index contributed by atoms with van der Waals surface area (Å²) < 4.78 is 7.64. The fourth-order valence-electron chi connectivity index (χ4n) is 3.32. The van der Waals surface area contributed by atoms with Crippen molar-refractivity contribution in [3.63, 3.8) is 0 Å². The van der Waals surface area contributed by atoms with Crippen LogP contribution in [0.3, 0.4) is 0 Å². The van der Waals surface area contributed by atoms with Gasteiger partial charge in [-0.25, -0.2) is 0 Å². The highest BCUT2D eigenvalue weighted by atomic mass is 16.5. The number of aromatic nitrogens is 3. The van der Waals surface area contributed by atoms with Crippen molar-refractivity contribution in [1.82, 2.24) is 25.0 Å². The molecule has 0 saturated carbocycles. The number of hydrogen-bond donors (Lipinski definition) is 1. The van der Waals surface area contributed by atoms with Crippen molar-refractivity contribution >= 4 is 0 Å². The summed E-state index contributed by atoms with van der Waals surface area (Å²) in [6.07, 6.45) is 3.02. The zero-order valence-corrected chi connectivity index (χ0v) is 15.1. The van der Waals surface area contributed by atoms with Gasteiger partial charge in [-0.1, -0.05) is 0 Å². The number of nitrogens with zero attached hydrogens (tertiary/aromatic N) is 4. The van der Waals surface area contributed by atoms with Crippen molar-refractivity contribution in [3.05, 3.63) is 40.5 Å². The Balaban J connectivity index is 1.69. The molecule has 3 heterocycles. The molecule has 0 amide bonds. The van der Waals surface area contributed by atoms with Gasteiger partial charge in [0.05, 0.1) is 24.2 Å². The summed E-state index contributed by atoms with van der Waals surface area (Å²) in [6.45, 7) is 8.68. The first-order valence-electron chi connectivity index (χ1n) is 8.52. The van der Waals surface area contributed by atoms with E-state index in [9.17, 15) is 0 Å². The second-order valence-corrected chi connectivity index (χ2v) is 6.60. The number of methoxy groups -OCH3 is 1. The van der Waals surface area contributed by atoms with Gasteiger partial charge in [0.25, 0.3) is 0 Å². The Morgan fingerprint density at radius 1 is 1.33 bits per heavy atom. The van der Waals surface area contributed by atoms with Gasteiger partial charge in [0.2, 0.25) is 0 Å². The Bertz CT molecular complexity index is 686. The molecule has 0 saturated heterocycles. The summed E-state index contributed by atoms with van der Waals surface area (Å²) >= 11 is 0. The van der Waals surface area contributed by atoms with Crippen molar-refractivity contribution < 1.29 is 4.74 Å². The molecule has 130 valence electrons. The Morgan fingerprint density at radius 3 is 2.96 bits per heavy atom. The smallest absolute Gasteiger partial charge is 0.128 e. The zero-order chi connectivity index (χ0) is 17.1. The molecule has 0 atom stereocenters. The highest BCUT2D eigenvalue weighted by Gasteiger charge is 2.14. The highest BCUT2D eigenvalue weighted by molar-refractivity contribution is 5.41. The van der Waals surface area contributed by atoms with Crippen molar-refractivity contribution in [2.75, 3.05) is 20.7 Å². The lowest BCUT2D eigenvalue weighted by Gasteiger charge is -2.18. The van der Waals surface area contributed by atoms with Crippen LogP contribution in [-0.2, 0) is 26.2 Å². The molecule has 0 bridgehead atoms. The van der Waals surface area contributed by atoms with Crippen LogP contribution in [-0.4, -0.2) is 40.4 Å². The summed E-state index contributed by atoms with van der Waals surface area (Å²) in [7, 11) is 3.82. The topological polar surface area (TPSA) is 55.2 Å². The van der Waals surface area contributed by atoms with Crippen LogP contribution in [0.15, 0.2) is 12.3 Å². The third-order valence-electron chi connectivity index (χ3n) is 4.54. The average molecular weight is 329 g/mol. The van der Waals surface area contributed by atoms with Crippen LogP contribution in [0.5, 0.6) is 5.75 Å². The molecule has 24 heavy (non-hydrogen) atoms. The second-order valence-electron chi connectivity index (χ2n) is 6.60. The molecule has 0 aliphatic carbocycles. The minimum atomic E-state index is 0.781. The van der Waals surface area contributed by atoms with E-state index in [0.29, 0.717) is 0 Å². The van der Waals surface area contributed by atoms with Crippen LogP contribution in [0.25, 0.3) is 0 Å². The Morgan fingerprint density at radius 2 is 2.17 bits per heavy atom. The largest absolute Gasteiger partial charge is 0.496 e. The van der Waals surface area contributed by atoms with Gasteiger partial charge in [-0.15, -0.1) is 0 Å². The monoisotopic (exact) mass is 329 g/mol. The fraction of sp³-hybridized carbons (Fsp3) is 0.556.